The smallest absolute Gasteiger partial charge is 0.416 e. The topological polar surface area (TPSA) is 68.2 Å². The number of carbonyl (C=O) groups is 1. The quantitative estimate of drug-likeness (QED) is 0.807. The number of anilines is 1. The molecule has 0 fully saturated rings. The lowest BCUT2D eigenvalue weighted by molar-refractivity contribution is 0.175. The van der Waals surface area contributed by atoms with Gasteiger partial charge in [0, 0.05) is 25.0 Å². The predicted octanol–water partition coefficient (Wildman–Crippen LogP) is 2.49. The number of nitrogens with zero attached hydrogens (tertiary/aromatic N) is 4. The number of hydrogen-bond donors (Lipinski definition) is 0. The molecule has 0 N–H and O–H groups in total. The minimum atomic E-state index is -0.441. The first-order valence-electron chi connectivity index (χ1n) is 5.35. The largest absolute Gasteiger partial charge is 0.438 e. The molecule has 0 saturated heterocycles. The molecular weight excluding hydrogens is 284 g/mol. The molecule has 0 unspecified atom stereocenters. The summed E-state index contributed by atoms with van der Waals surface area (Å²) < 4.78 is 5.00. The molecule has 2 rings (SSSR count). The molecule has 6 nitrogen and oxygen atoms in total. The maximum Gasteiger partial charge on any atom is 0.416 e. The highest BCUT2D eigenvalue weighted by molar-refractivity contribution is 7.98. The normalized spacial score (nSPS) is 10.2. The Morgan fingerprint density at radius 1 is 1.53 bits per heavy atom. The van der Waals surface area contributed by atoms with Crippen molar-refractivity contribution in [3.05, 3.63) is 24.5 Å². The minimum absolute atomic E-state index is 0.317. The van der Waals surface area contributed by atoms with Gasteiger partial charge in [0.15, 0.2) is 5.01 Å². The molecule has 0 aromatic carbocycles. The summed E-state index contributed by atoms with van der Waals surface area (Å²) in [5.74, 6) is 0.317. The average Bonchev–Trinajstić information content (AvgIpc) is 2.94. The first-order valence-corrected chi connectivity index (χ1v) is 7.56. The first kappa shape index (κ1) is 13.8. The number of carbonyl (C=O) groups excluding carboxylic acids is 1. The van der Waals surface area contributed by atoms with Crippen LogP contribution in [-0.2, 0) is 4.74 Å². The van der Waals surface area contributed by atoms with Crippen LogP contribution < -0.4 is 4.90 Å². The van der Waals surface area contributed by atoms with E-state index in [2.05, 4.69) is 15.2 Å². The Bertz CT molecular complexity index is 547. The Morgan fingerprint density at radius 2 is 2.37 bits per heavy atom. The van der Waals surface area contributed by atoms with Gasteiger partial charge in [-0.25, -0.2) is 4.79 Å². The number of pyridine rings is 1. The summed E-state index contributed by atoms with van der Waals surface area (Å²) in [6.45, 7) is 0. The van der Waals surface area contributed by atoms with Crippen molar-refractivity contribution in [3.8, 4) is 10.6 Å². The number of hydrogen-bond acceptors (Lipinski definition) is 7. The van der Waals surface area contributed by atoms with E-state index in [1.54, 1.807) is 19.4 Å². The zero-order chi connectivity index (χ0) is 13.7. The maximum absolute atomic E-state index is 11.7. The second-order valence-corrected chi connectivity index (χ2v) is 5.28. The summed E-state index contributed by atoms with van der Waals surface area (Å²) in [6.07, 6.45) is 4.81. The van der Waals surface area contributed by atoms with Crippen LogP contribution in [0.2, 0.25) is 0 Å². The van der Waals surface area contributed by atoms with Crippen molar-refractivity contribution in [2.45, 2.75) is 0 Å². The lowest BCUT2D eigenvalue weighted by Gasteiger charge is -2.12. The van der Waals surface area contributed by atoms with Crippen molar-refractivity contribution in [1.82, 2.24) is 15.2 Å². The van der Waals surface area contributed by atoms with E-state index in [1.165, 1.54) is 28.0 Å². The molecule has 2 aromatic heterocycles. The van der Waals surface area contributed by atoms with E-state index in [-0.39, 0.29) is 0 Å². The summed E-state index contributed by atoms with van der Waals surface area (Å²) in [4.78, 5) is 17.0. The Kier molecular flexibility index (Phi) is 4.69. The fourth-order valence-electron chi connectivity index (χ4n) is 1.24. The molecule has 0 spiro atoms. The summed E-state index contributed by atoms with van der Waals surface area (Å²) in [5, 5.41) is 9.23. The fourth-order valence-corrected chi connectivity index (χ4v) is 2.25. The van der Waals surface area contributed by atoms with Crippen LogP contribution in [0, 0.1) is 0 Å². The van der Waals surface area contributed by atoms with E-state index in [1.807, 2.05) is 18.4 Å². The van der Waals surface area contributed by atoms with Gasteiger partial charge >= 0.3 is 6.09 Å². The van der Waals surface area contributed by atoms with Gasteiger partial charge < -0.3 is 4.74 Å². The van der Waals surface area contributed by atoms with Crippen molar-refractivity contribution in [2.75, 3.05) is 24.1 Å². The lowest BCUT2D eigenvalue weighted by atomic mass is 10.3. The van der Waals surface area contributed by atoms with Crippen molar-refractivity contribution >= 4 is 34.3 Å². The molecule has 0 atom stereocenters. The molecule has 0 saturated carbocycles. The molecule has 1 amide bonds. The number of amides is 1. The van der Waals surface area contributed by atoms with Crippen LogP contribution in [0.1, 0.15) is 0 Å². The SMILES string of the molecule is CSCOC(=O)N(C)c1nnc(-c2cccnc2)s1. The van der Waals surface area contributed by atoms with E-state index in [0.717, 1.165) is 5.56 Å². The third kappa shape index (κ3) is 3.42. The second-order valence-electron chi connectivity index (χ2n) is 3.51. The monoisotopic (exact) mass is 296 g/mol. The second kappa shape index (κ2) is 6.48. The molecular formula is C11H12N4O2S2. The van der Waals surface area contributed by atoms with E-state index in [4.69, 9.17) is 4.74 Å². The molecule has 19 heavy (non-hydrogen) atoms. The molecule has 100 valence electrons. The van der Waals surface area contributed by atoms with Crippen LogP contribution in [-0.4, -0.2) is 40.5 Å². The van der Waals surface area contributed by atoms with Crippen LogP contribution in [0.3, 0.4) is 0 Å². The zero-order valence-corrected chi connectivity index (χ0v) is 12.1. The third-order valence-electron chi connectivity index (χ3n) is 2.18. The molecule has 0 bridgehead atoms. The fraction of sp³-hybridized carbons (Fsp3) is 0.273. The minimum Gasteiger partial charge on any atom is -0.438 e. The number of ether oxygens (including phenoxy) is 1. The van der Waals surface area contributed by atoms with Gasteiger partial charge in [-0.2, -0.15) is 0 Å². The molecule has 2 heterocycles. The van der Waals surface area contributed by atoms with Crippen molar-refractivity contribution in [3.63, 3.8) is 0 Å². The Labute approximate surface area is 118 Å². The number of rotatable bonds is 4. The zero-order valence-electron chi connectivity index (χ0n) is 10.4. The molecule has 0 aliphatic carbocycles. The highest BCUT2D eigenvalue weighted by Gasteiger charge is 2.17. The van der Waals surface area contributed by atoms with Crippen molar-refractivity contribution < 1.29 is 9.53 Å². The lowest BCUT2D eigenvalue weighted by Crippen LogP contribution is -2.26. The third-order valence-corrected chi connectivity index (χ3v) is 3.59. The van der Waals surface area contributed by atoms with Gasteiger partial charge in [0.25, 0.3) is 0 Å². The van der Waals surface area contributed by atoms with E-state index in [0.29, 0.717) is 16.1 Å². The van der Waals surface area contributed by atoms with E-state index >= 15 is 0 Å². The van der Waals surface area contributed by atoms with Gasteiger partial charge in [0.1, 0.15) is 5.94 Å². The summed E-state index contributed by atoms with van der Waals surface area (Å²) in [7, 11) is 1.61. The summed E-state index contributed by atoms with van der Waals surface area (Å²) in [5.41, 5.74) is 0.872. The van der Waals surface area contributed by atoms with Crippen LogP contribution in [0.15, 0.2) is 24.5 Å². The molecule has 2 aromatic rings. The predicted molar refractivity (Wildman–Crippen MR) is 76.4 cm³/mol. The molecule has 0 radical (unpaired) electrons. The molecule has 0 aliphatic heterocycles. The van der Waals surface area contributed by atoms with Crippen LogP contribution >= 0.6 is 23.1 Å². The van der Waals surface area contributed by atoms with E-state index in [9.17, 15) is 4.79 Å². The van der Waals surface area contributed by atoms with Gasteiger partial charge in [-0.3, -0.25) is 9.88 Å². The van der Waals surface area contributed by atoms with Crippen LogP contribution in [0.5, 0.6) is 0 Å². The molecule has 0 aliphatic rings. The van der Waals surface area contributed by atoms with E-state index < -0.39 is 6.09 Å². The Balaban J connectivity index is 2.11. The highest BCUT2D eigenvalue weighted by Crippen LogP contribution is 2.27. The van der Waals surface area contributed by atoms with Gasteiger partial charge in [0.2, 0.25) is 5.13 Å². The first-order chi connectivity index (χ1) is 9.22. The van der Waals surface area contributed by atoms with Crippen molar-refractivity contribution in [1.29, 1.82) is 0 Å². The highest BCUT2D eigenvalue weighted by atomic mass is 32.2. The summed E-state index contributed by atoms with van der Waals surface area (Å²) >= 11 is 2.75. The maximum atomic E-state index is 11.7. The summed E-state index contributed by atoms with van der Waals surface area (Å²) in [6, 6.07) is 3.72. The number of thioether (sulfide) groups is 1. The van der Waals surface area contributed by atoms with Gasteiger partial charge in [-0.1, -0.05) is 11.3 Å². The van der Waals surface area contributed by atoms with Crippen molar-refractivity contribution in [2.24, 2.45) is 0 Å². The average molecular weight is 296 g/mol. The van der Waals surface area contributed by atoms with Gasteiger partial charge in [-0.05, 0) is 18.4 Å². The van der Waals surface area contributed by atoms with Gasteiger partial charge in [0.05, 0.1) is 0 Å². The Morgan fingerprint density at radius 3 is 3.05 bits per heavy atom. The molecule has 8 heteroatoms. The van der Waals surface area contributed by atoms with Crippen LogP contribution in [0.4, 0.5) is 9.93 Å². The standard InChI is InChI=1S/C11H12N4O2S2/c1-15(11(16)17-7-18-2)10-14-13-9(19-10)8-4-3-5-12-6-8/h3-6H,7H2,1-2H3. The van der Waals surface area contributed by atoms with Gasteiger partial charge in [-0.15, -0.1) is 22.0 Å². The number of aromatic nitrogens is 3. The Hall–Kier alpha value is -1.67. The van der Waals surface area contributed by atoms with Crippen LogP contribution in [0.25, 0.3) is 10.6 Å².